The van der Waals surface area contributed by atoms with Gasteiger partial charge in [0.05, 0.1) is 0 Å². The van der Waals surface area contributed by atoms with Gasteiger partial charge >= 0.3 is 0 Å². The molecule has 0 unspecified atom stereocenters. The third-order valence-electron chi connectivity index (χ3n) is 11.1. The van der Waals surface area contributed by atoms with E-state index in [9.17, 15) is 0 Å². The number of hydrogen-bond donors (Lipinski definition) is 0. The van der Waals surface area contributed by atoms with Crippen LogP contribution in [0.5, 0.6) is 0 Å². The molecule has 11 rings (SSSR count). The van der Waals surface area contributed by atoms with Gasteiger partial charge < -0.3 is 9.32 Å². The minimum Gasteiger partial charge on any atom is -0.456 e. The van der Waals surface area contributed by atoms with Crippen LogP contribution in [0.2, 0.25) is 0 Å². The van der Waals surface area contributed by atoms with Gasteiger partial charge in [-0.2, -0.15) is 0 Å². The lowest BCUT2D eigenvalue weighted by Crippen LogP contribution is -2.09. The summed E-state index contributed by atoms with van der Waals surface area (Å²) >= 11 is 0. The molecule has 0 fully saturated rings. The van der Waals surface area contributed by atoms with Crippen LogP contribution >= 0.6 is 0 Å². The molecule has 0 bridgehead atoms. The van der Waals surface area contributed by atoms with Gasteiger partial charge in [0.25, 0.3) is 0 Å². The fraction of sp³-hybridized carbons (Fsp3) is 0. The Morgan fingerprint density at radius 1 is 0.317 bits per heavy atom. The Morgan fingerprint density at radius 3 is 1.53 bits per heavy atom. The normalized spacial score (nSPS) is 11.3. The zero-order valence-corrected chi connectivity index (χ0v) is 32.5. The van der Waals surface area contributed by atoms with Gasteiger partial charge in [-0.3, -0.25) is 0 Å². The van der Waals surface area contributed by atoms with Crippen molar-refractivity contribution >= 4 is 49.8 Å². The highest BCUT2D eigenvalue weighted by atomic mass is 16.3. The molecule has 0 amide bonds. The summed E-state index contributed by atoms with van der Waals surface area (Å²) < 4.78 is 6.59. The molecule has 0 atom stereocenters. The van der Waals surface area contributed by atoms with Gasteiger partial charge in [0.1, 0.15) is 11.2 Å². The Kier molecular flexibility index (Phi) is 8.75. The lowest BCUT2D eigenvalue weighted by molar-refractivity contribution is 0.669. The Morgan fingerprint density at radius 2 is 0.833 bits per heavy atom. The summed E-state index contributed by atoms with van der Waals surface area (Å²) in [6.45, 7) is 0. The smallest absolute Gasteiger partial charge is 0.164 e. The average molecular weight is 769 g/mol. The summed E-state index contributed by atoms with van der Waals surface area (Å²) in [4.78, 5) is 17.5. The first-order valence-electron chi connectivity index (χ1n) is 20.1. The number of nitrogens with zero attached hydrogens (tertiary/aromatic N) is 4. The van der Waals surface area contributed by atoms with Crippen molar-refractivity contribution in [2.24, 2.45) is 0 Å². The van der Waals surface area contributed by atoms with Crippen molar-refractivity contribution in [3.8, 4) is 56.4 Å². The summed E-state index contributed by atoms with van der Waals surface area (Å²) in [5.41, 5.74) is 12.1. The quantitative estimate of drug-likeness (QED) is 0.154. The predicted octanol–water partition coefficient (Wildman–Crippen LogP) is 14.7. The maximum atomic E-state index is 6.59. The Hall–Kier alpha value is -8.15. The number of rotatable bonds is 8. The van der Waals surface area contributed by atoms with Gasteiger partial charge in [0.2, 0.25) is 0 Å². The highest BCUT2D eigenvalue weighted by Crippen LogP contribution is 2.40. The van der Waals surface area contributed by atoms with E-state index in [0.29, 0.717) is 17.5 Å². The summed E-state index contributed by atoms with van der Waals surface area (Å²) in [6.07, 6.45) is 0. The first-order valence-corrected chi connectivity index (χ1v) is 20.1. The van der Waals surface area contributed by atoms with E-state index in [4.69, 9.17) is 19.4 Å². The van der Waals surface area contributed by atoms with Crippen molar-refractivity contribution in [2.45, 2.75) is 0 Å². The van der Waals surface area contributed by atoms with Crippen LogP contribution in [-0.2, 0) is 0 Å². The molecule has 282 valence electrons. The Balaban J connectivity index is 0.962. The van der Waals surface area contributed by atoms with Crippen molar-refractivity contribution < 1.29 is 4.42 Å². The number of hydrogen-bond acceptors (Lipinski definition) is 5. The van der Waals surface area contributed by atoms with Gasteiger partial charge in [-0.1, -0.05) is 158 Å². The van der Waals surface area contributed by atoms with E-state index in [1.807, 2.05) is 48.5 Å². The number of para-hydroxylation sites is 1. The second-order valence-electron chi connectivity index (χ2n) is 14.9. The summed E-state index contributed by atoms with van der Waals surface area (Å²) in [5, 5.41) is 4.28. The topological polar surface area (TPSA) is 55.1 Å². The van der Waals surface area contributed by atoms with E-state index >= 15 is 0 Å². The zero-order chi connectivity index (χ0) is 39.8. The van der Waals surface area contributed by atoms with Crippen LogP contribution in [0.25, 0.3) is 89.1 Å². The van der Waals surface area contributed by atoms with Crippen LogP contribution in [0.4, 0.5) is 17.1 Å². The molecular weight excluding hydrogens is 733 g/mol. The fourth-order valence-corrected chi connectivity index (χ4v) is 8.12. The molecule has 9 aromatic carbocycles. The molecule has 0 aliphatic rings. The maximum absolute atomic E-state index is 6.59. The van der Waals surface area contributed by atoms with Crippen LogP contribution in [0.15, 0.2) is 223 Å². The number of aromatic nitrogens is 3. The van der Waals surface area contributed by atoms with E-state index in [-0.39, 0.29) is 0 Å². The van der Waals surface area contributed by atoms with Crippen molar-refractivity contribution in [3.63, 3.8) is 0 Å². The minimum atomic E-state index is 0.595. The monoisotopic (exact) mass is 768 g/mol. The molecule has 11 aromatic rings. The van der Waals surface area contributed by atoms with Crippen molar-refractivity contribution in [3.05, 3.63) is 218 Å². The average Bonchev–Trinajstić information content (AvgIpc) is 3.71. The first-order chi connectivity index (χ1) is 29.7. The molecular formula is C55H36N4O. The molecule has 0 aliphatic heterocycles. The predicted molar refractivity (Wildman–Crippen MR) is 246 cm³/mol. The molecule has 0 aliphatic carbocycles. The number of anilines is 3. The van der Waals surface area contributed by atoms with Crippen LogP contribution in [-0.4, -0.2) is 15.0 Å². The van der Waals surface area contributed by atoms with Crippen LogP contribution in [0.3, 0.4) is 0 Å². The van der Waals surface area contributed by atoms with E-state index in [0.717, 1.165) is 72.2 Å². The highest BCUT2D eigenvalue weighted by Gasteiger charge is 2.19. The molecule has 0 radical (unpaired) electrons. The number of furan rings is 1. The highest BCUT2D eigenvalue weighted by molar-refractivity contribution is 6.12. The van der Waals surface area contributed by atoms with Gasteiger partial charge in [0.15, 0.2) is 17.5 Å². The van der Waals surface area contributed by atoms with Crippen molar-refractivity contribution in [1.82, 2.24) is 15.0 Å². The molecule has 0 saturated carbocycles. The SMILES string of the molecule is c1ccc(-c2ccc(N(c3ccccc3)c3ccc(-c4ccc5c(c4)oc4cccc(-c6nc(-c7ccccc7)nc(-c7ccc8ccccc8c7)n6)c45)cc3)cc2)cc1. The van der Waals surface area contributed by atoms with Gasteiger partial charge in [-0.15, -0.1) is 0 Å². The van der Waals surface area contributed by atoms with E-state index in [1.165, 1.54) is 16.5 Å². The fourth-order valence-electron chi connectivity index (χ4n) is 8.12. The number of fused-ring (bicyclic) bond motifs is 4. The zero-order valence-electron chi connectivity index (χ0n) is 32.5. The second-order valence-corrected chi connectivity index (χ2v) is 14.9. The lowest BCUT2D eigenvalue weighted by atomic mass is 10.0. The van der Waals surface area contributed by atoms with Crippen LogP contribution in [0, 0.1) is 0 Å². The summed E-state index contributed by atoms with van der Waals surface area (Å²) in [7, 11) is 0. The van der Waals surface area contributed by atoms with Crippen molar-refractivity contribution in [2.75, 3.05) is 4.90 Å². The molecule has 5 nitrogen and oxygen atoms in total. The number of benzene rings is 9. The van der Waals surface area contributed by atoms with E-state index in [1.54, 1.807) is 0 Å². The summed E-state index contributed by atoms with van der Waals surface area (Å²) in [6, 6.07) is 75.8. The summed E-state index contributed by atoms with van der Waals surface area (Å²) in [5.74, 6) is 1.84. The third kappa shape index (κ3) is 6.54. The molecule has 5 heteroatoms. The minimum absolute atomic E-state index is 0.595. The first kappa shape index (κ1) is 35.0. The maximum Gasteiger partial charge on any atom is 0.164 e. The molecule has 0 N–H and O–H groups in total. The lowest BCUT2D eigenvalue weighted by Gasteiger charge is -2.26. The molecule has 0 saturated heterocycles. The van der Waals surface area contributed by atoms with Gasteiger partial charge in [-0.25, -0.2) is 15.0 Å². The Bertz CT molecular complexity index is 3290. The molecule has 2 heterocycles. The van der Waals surface area contributed by atoms with Crippen LogP contribution in [0.1, 0.15) is 0 Å². The van der Waals surface area contributed by atoms with Crippen molar-refractivity contribution in [1.29, 1.82) is 0 Å². The van der Waals surface area contributed by atoms with E-state index < -0.39 is 0 Å². The van der Waals surface area contributed by atoms with Crippen LogP contribution < -0.4 is 4.90 Å². The Labute approximate surface area is 347 Å². The van der Waals surface area contributed by atoms with E-state index in [2.05, 4.69) is 175 Å². The molecule has 0 spiro atoms. The molecule has 60 heavy (non-hydrogen) atoms. The standard InChI is InChI=1S/C55H36N4O/c1-4-13-37(14-5-1)39-25-30-46(31-26-39)59(45-19-8-3-9-20-45)47-32-27-40(28-33-47)43-29-34-48-51(36-43)60-50-22-12-21-49(52(48)50)55-57-53(41-16-6-2-7-17-41)56-54(58-55)44-24-23-38-15-10-11-18-42(38)35-44/h1-36H. The third-order valence-corrected chi connectivity index (χ3v) is 11.1. The van der Waals surface area contributed by atoms with Gasteiger partial charge in [-0.05, 0) is 93.7 Å². The molecule has 2 aromatic heterocycles. The second kappa shape index (κ2) is 15.0. The van der Waals surface area contributed by atoms with Gasteiger partial charge in [0, 0.05) is 44.5 Å². The largest absolute Gasteiger partial charge is 0.456 e.